The summed E-state index contributed by atoms with van der Waals surface area (Å²) < 4.78 is 7.09. The SMILES string of the molecule is CCCCN=C(NCC)NC1CCc2nc(COC)nn2C1.I. The van der Waals surface area contributed by atoms with Crippen LogP contribution in [-0.4, -0.2) is 47.0 Å². The molecule has 0 aromatic carbocycles. The zero-order chi connectivity index (χ0) is 15.8. The number of nitrogens with zero attached hydrogens (tertiary/aromatic N) is 4. The van der Waals surface area contributed by atoms with E-state index in [0.29, 0.717) is 12.6 Å². The van der Waals surface area contributed by atoms with Crippen molar-refractivity contribution < 1.29 is 4.74 Å². The van der Waals surface area contributed by atoms with Crippen LogP contribution < -0.4 is 10.6 Å². The molecule has 0 saturated heterocycles. The topological polar surface area (TPSA) is 76.4 Å². The van der Waals surface area contributed by atoms with Gasteiger partial charge in [-0.3, -0.25) is 4.99 Å². The van der Waals surface area contributed by atoms with E-state index in [-0.39, 0.29) is 24.0 Å². The zero-order valence-electron chi connectivity index (χ0n) is 14.3. The number of fused-ring (bicyclic) bond motifs is 1. The van der Waals surface area contributed by atoms with Crippen molar-refractivity contribution in [2.24, 2.45) is 4.99 Å². The summed E-state index contributed by atoms with van der Waals surface area (Å²) in [6, 6.07) is 0.337. The molecular formula is C15H29IN6O. The molecule has 1 unspecified atom stereocenters. The first-order chi connectivity index (χ1) is 10.8. The van der Waals surface area contributed by atoms with E-state index in [0.717, 1.165) is 62.9 Å². The minimum atomic E-state index is 0. The minimum absolute atomic E-state index is 0. The number of guanidine groups is 1. The molecule has 0 radical (unpaired) electrons. The van der Waals surface area contributed by atoms with Crippen molar-refractivity contribution in [2.75, 3.05) is 20.2 Å². The second kappa shape index (κ2) is 10.8. The lowest BCUT2D eigenvalue weighted by Gasteiger charge is -2.25. The third-order valence-electron chi connectivity index (χ3n) is 3.64. The summed E-state index contributed by atoms with van der Waals surface area (Å²) in [5, 5.41) is 11.3. The summed E-state index contributed by atoms with van der Waals surface area (Å²) >= 11 is 0. The van der Waals surface area contributed by atoms with Gasteiger partial charge in [0.1, 0.15) is 12.4 Å². The summed E-state index contributed by atoms with van der Waals surface area (Å²) in [6.45, 7) is 7.30. The molecule has 2 heterocycles. The highest BCUT2D eigenvalue weighted by molar-refractivity contribution is 14.0. The van der Waals surface area contributed by atoms with Crippen molar-refractivity contribution in [3.05, 3.63) is 11.6 Å². The Bertz CT molecular complexity index is 490. The fraction of sp³-hybridized carbons (Fsp3) is 0.800. The van der Waals surface area contributed by atoms with Crippen molar-refractivity contribution in [1.29, 1.82) is 0 Å². The molecule has 23 heavy (non-hydrogen) atoms. The van der Waals surface area contributed by atoms with Gasteiger partial charge in [0.2, 0.25) is 0 Å². The van der Waals surface area contributed by atoms with Crippen LogP contribution in [0.1, 0.15) is 44.8 Å². The number of unbranched alkanes of at least 4 members (excludes halogenated alkanes) is 1. The molecule has 0 amide bonds. The molecule has 1 aliphatic heterocycles. The van der Waals surface area contributed by atoms with E-state index in [2.05, 4.69) is 39.6 Å². The molecule has 1 atom stereocenters. The van der Waals surface area contributed by atoms with Gasteiger partial charge in [0.25, 0.3) is 0 Å². The van der Waals surface area contributed by atoms with Crippen LogP contribution in [0.4, 0.5) is 0 Å². The van der Waals surface area contributed by atoms with Gasteiger partial charge in [0, 0.05) is 32.7 Å². The van der Waals surface area contributed by atoms with Gasteiger partial charge < -0.3 is 15.4 Å². The lowest BCUT2D eigenvalue weighted by Crippen LogP contribution is -2.47. The predicted molar refractivity (Wildman–Crippen MR) is 102 cm³/mol. The Labute approximate surface area is 155 Å². The molecule has 2 N–H and O–H groups in total. The number of aliphatic imine (C=N–C) groups is 1. The first-order valence-electron chi connectivity index (χ1n) is 8.23. The summed E-state index contributed by atoms with van der Waals surface area (Å²) in [4.78, 5) is 9.12. The number of hydrogen-bond donors (Lipinski definition) is 2. The monoisotopic (exact) mass is 436 g/mol. The maximum absolute atomic E-state index is 5.10. The highest BCUT2D eigenvalue weighted by Crippen LogP contribution is 2.13. The van der Waals surface area contributed by atoms with Crippen molar-refractivity contribution in [3.63, 3.8) is 0 Å². The Morgan fingerprint density at radius 3 is 2.96 bits per heavy atom. The van der Waals surface area contributed by atoms with Gasteiger partial charge in [0.15, 0.2) is 11.8 Å². The molecule has 8 heteroatoms. The Morgan fingerprint density at radius 1 is 1.43 bits per heavy atom. The number of aryl methyl sites for hydroxylation is 1. The summed E-state index contributed by atoms with van der Waals surface area (Å²) in [6.07, 6.45) is 4.26. The predicted octanol–water partition coefficient (Wildman–Crippen LogP) is 1.71. The van der Waals surface area contributed by atoms with Gasteiger partial charge >= 0.3 is 0 Å². The van der Waals surface area contributed by atoms with Crippen LogP contribution in [0.15, 0.2) is 4.99 Å². The average molecular weight is 436 g/mol. The average Bonchev–Trinajstić information content (AvgIpc) is 2.89. The lowest BCUT2D eigenvalue weighted by atomic mass is 10.1. The molecule has 0 aliphatic carbocycles. The summed E-state index contributed by atoms with van der Waals surface area (Å²) in [7, 11) is 1.67. The molecule has 0 saturated carbocycles. The normalized spacial score (nSPS) is 17.3. The molecule has 1 aromatic heterocycles. The Hall–Kier alpha value is -0.900. The van der Waals surface area contributed by atoms with Crippen LogP contribution in [0.5, 0.6) is 0 Å². The van der Waals surface area contributed by atoms with Crippen LogP contribution in [0, 0.1) is 0 Å². The Morgan fingerprint density at radius 2 is 2.26 bits per heavy atom. The van der Waals surface area contributed by atoms with Crippen molar-refractivity contribution >= 4 is 29.9 Å². The molecule has 132 valence electrons. The Kier molecular flexibility index (Phi) is 9.46. The zero-order valence-corrected chi connectivity index (χ0v) is 16.7. The van der Waals surface area contributed by atoms with Crippen LogP contribution in [0.3, 0.4) is 0 Å². The largest absolute Gasteiger partial charge is 0.377 e. The number of halogens is 1. The minimum Gasteiger partial charge on any atom is -0.377 e. The van der Waals surface area contributed by atoms with Crippen LogP contribution >= 0.6 is 24.0 Å². The number of aromatic nitrogens is 3. The second-order valence-corrected chi connectivity index (χ2v) is 5.55. The summed E-state index contributed by atoms with van der Waals surface area (Å²) in [5.74, 6) is 2.72. The van der Waals surface area contributed by atoms with E-state index in [1.807, 2.05) is 4.68 Å². The van der Waals surface area contributed by atoms with Crippen LogP contribution in [-0.2, 0) is 24.3 Å². The van der Waals surface area contributed by atoms with Crippen molar-refractivity contribution in [2.45, 2.75) is 58.7 Å². The lowest BCUT2D eigenvalue weighted by molar-refractivity contribution is 0.177. The highest BCUT2D eigenvalue weighted by Gasteiger charge is 2.22. The molecule has 1 aliphatic rings. The standard InChI is InChI=1S/C15H28N6O.HI/c1-4-6-9-17-15(16-5-2)18-12-7-8-14-19-13(11-22-3)20-21(14)10-12;/h12H,4-11H2,1-3H3,(H2,16,17,18);1H. The molecule has 2 rings (SSSR count). The van der Waals surface area contributed by atoms with E-state index in [1.165, 1.54) is 0 Å². The van der Waals surface area contributed by atoms with Gasteiger partial charge in [-0.25, -0.2) is 9.67 Å². The molecule has 1 aromatic rings. The van der Waals surface area contributed by atoms with Gasteiger partial charge in [-0.2, -0.15) is 5.10 Å². The number of rotatable bonds is 7. The van der Waals surface area contributed by atoms with Crippen LogP contribution in [0.2, 0.25) is 0 Å². The van der Waals surface area contributed by atoms with Crippen molar-refractivity contribution in [3.8, 4) is 0 Å². The number of nitrogens with one attached hydrogen (secondary N) is 2. The third kappa shape index (κ3) is 6.25. The van der Waals surface area contributed by atoms with Gasteiger partial charge in [0.05, 0.1) is 6.54 Å². The molecule has 0 fully saturated rings. The van der Waals surface area contributed by atoms with Gasteiger partial charge in [-0.05, 0) is 19.8 Å². The van der Waals surface area contributed by atoms with E-state index in [4.69, 9.17) is 4.74 Å². The maximum Gasteiger partial charge on any atom is 0.191 e. The molecule has 0 bridgehead atoms. The smallest absolute Gasteiger partial charge is 0.191 e. The van der Waals surface area contributed by atoms with Crippen molar-refractivity contribution in [1.82, 2.24) is 25.4 Å². The number of hydrogen-bond acceptors (Lipinski definition) is 4. The molecule has 7 nitrogen and oxygen atoms in total. The van der Waals surface area contributed by atoms with Gasteiger partial charge in [-0.1, -0.05) is 13.3 Å². The fourth-order valence-corrected chi connectivity index (χ4v) is 2.53. The van der Waals surface area contributed by atoms with E-state index < -0.39 is 0 Å². The quantitative estimate of drug-likeness (QED) is 0.295. The molecular weight excluding hydrogens is 407 g/mol. The van der Waals surface area contributed by atoms with Gasteiger partial charge in [-0.15, -0.1) is 24.0 Å². The summed E-state index contributed by atoms with van der Waals surface area (Å²) in [5.41, 5.74) is 0. The first-order valence-corrected chi connectivity index (χ1v) is 8.23. The number of ether oxygens (including phenoxy) is 1. The second-order valence-electron chi connectivity index (χ2n) is 5.55. The third-order valence-corrected chi connectivity index (χ3v) is 3.64. The molecule has 0 spiro atoms. The number of methoxy groups -OCH3 is 1. The Balaban J connectivity index is 0.00000264. The maximum atomic E-state index is 5.10. The van der Waals surface area contributed by atoms with E-state index in [1.54, 1.807) is 7.11 Å². The van der Waals surface area contributed by atoms with E-state index >= 15 is 0 Å². The van der Waals surface area contributed by atoms with E-state index in [9.17, 15) is 0 Å². The fourth-order valence-electron chi connectivity index (χ4n) is 2.53. The first kappa shape index (κ1) is 20.1. The van der Waals surface area contributed by atoms with Crippen LogP contribution in [0.25, 0.3) is 0 Å². The highest BCUT2D eigenvalue weighted by atomic mass is 127.